The predicted octanol–water partition coefficient (Wildman–Crippen LogP) is 4.34. The Hall–Kier alpha value is -3.44. The van der Waals surface area contributed by atoms with E-state index in [2.05, 4.69) is 24.0 Å². The lowest BCUT2D eigenvalue weighted by Crippen LogP contribution is -2.22. The number of para-hydroxylation sites is 2. The Bertz CT molecular complexity index is 1430. The van der Waals surface area contributed by atoms with Crippen LogP contribution in [0.5, 0.6) is 5.75 Å². The molecule has 0 atom stereocenters. The molecular formula is C24H18N2O2S. The first-order valence-corrected chi connectivity index (χ1v) is 10.2. The van der Waals surface area contributed by atoms with Gasteiger partial charge in [-0.2, -0.15) is 0 Å². The maximum absolute atomic E-state index is 12.8. The summed E-state index contributed by atoms with van der Waals surface area (Å²) in [5.41, 5.74) is 5.02. The van der Waals surface area contributed by atoms with Gasteiger partial charge in [0, 0.05) is 0 Å². The summed E-state index contributed by atoms with van der Waals surface area (Å²) in [5.74, 6) is 0.805. The Kier molecular flexibility index (Phi) is 4.37. The quantitative estimate of drug-likeness (QED) is 0.452. The van der Waals surface area contributed by atoms with Crippen molar-refractivity contribution in [3.05, 3.63) is 104 Å². The van der Waals surface area contributed by atoms with E-state index in [1.165, 1.54) is 22.5 Å². The molecule has 142 valence electrons. The van der Waals surface area contributed by atoms with Gasteiger partial charge < -0.3 is 4.74 Å². The molecule has 29 heavy (non-hydrogen) atoms. The first kappa shape index (κ1) is 17.6. The Morgan fingerprint density at radius 2 is 1.76 bits per heavy atom. The molecule has 3 aromatic carbocycles. The minimum atomic E-state index is -0.0291. The molecule has 0 amide bonds. The number of rotatable bonds is 4. The highest BCUT2D eigenvalue weighted by atomic mass is 32.1. The van der Waals surface area contributed by atoms with E-state index >= 15 is 0 Å². The van der Waals surface area contributed by atoms with Gasteiger partial charge in [0.15, 0.2) is 4.96 Å². The standard InChI is InChI=1S/C24H18N2O2S/c1-16-6-2-3-7-18(16)15-28-19-12-10-17(11-13-19)14-22-23(27)26-21-9-5-4-8-20(21)25-24(26)29-22/h2-14H,15H2,1H3/b22-14+. The third-order valence-corrected chi connectivity index (χ3v) is 5.95. The number of fused-ring (bicyclic) bond motifs is 3. The molecule has 0 unspecified atom stereocenters. The number of aromatic nitrogens is 2. The smallest absolute Gasteiger partial charge is 0.274 e. The third-order valence-electron chi connectivity index (χ3n) is 4.98. The van der Waals surface area contributed by atoms with Crippen LogP contribution in [0.25, 0.3) is 22.1 Å². The van der Waals surface area contributed by atoms with Crippen LogP contribution in [-0.4, -0.2) is 9.38 Å². The summed E-state index contributed by atoms with van der Waals surface area (Å²) < 4.78 is 8.26. The molecule has 5 rings (SSSR count). The van der Waals surface area contributed by atoms with Crippen LogP contribution in [0, 0.1) is 6.92 Å². The van der Waals surface area contributed by atoms with Crippen molar-refractivity contribution in [3.8, 4) is 5.75 Å². The number of hydrogen-bond acceptors (Lipinski definition) is 4. The zero-order chi connectivity index (χ0) is 19.8. The second-order valence-electron chi connectivity index (χ2n) is 6.92. The second-order valence-corrected chi connectivity index (χ2v) is 7.93. The van der Waals surface area contributed by atoms with E-state index < -0.39 is 0 Å². The minimum absolute atomic E-state index is 0.0291. The molecule has 0 radical (unpaired) electrons. The zero-order valence-corrected chi connectivity index (χ0v) is 16.6. The van der Waals surface area contributed by atoms with E-state index in [9.17, 15) is 4.79 Å². The van der Waals surface area contributed by atoms with Crippen LogP contribution in [0.2, 0.25) is 0 Å². The van der Waals surface area contributed by atoms with Gasteiger partial charge in [-0.3, -0.25) is 4.79 Å². The topological polar surface area (TPSA) is 43.6 Å². The lowest BCUT2D eigenvalue weighted by atomic mass is 10.1. The van der Waals surface area contributed by atoms with Gasteiger partial charge in [-0.25, -0.2) is 9.38 Å². The summed E-state index contributed by atoms with van der Waals surface area (Å²) in [4.78, 5) is 18.1. The van der Waals surface area contributed by atoms with E-state index in [1.54, 1.807) is 4.40 Å². The molecule has 0 fully saturated rings. The summed E-state index contributed by atoms with van der Waals surface area (Å²) in [6, 6.07) is 23.7. The summed E-state index contributed by atoms with van der Waals surface area (Å²) in [6.45, 7) is 2.62. The largest absolute Gasteiger partial charge is 0.489 e. The fourth-order valence-electron chi connectivity index (χ4n) is 3.36. The Labute approximate surface area is 171 Å². The first-order valence-electron chi connectivity index (χ1n) is 9.38. The summed E-state index contributed by atoms with van der Waals surface area (Å²) in [5, 5.41) is 0. The zero-order valence-electron chi connectivity index (χ0n) is 15.8. The van der Waals surface area contributed by atoms with Crippen molar-refractivity contribution in [2.75, 3.05) is 0 Å². The van der Waals surface area contributed by atoms with E-state index in [0.29, 0.717) is 11.1 Å². The number of ether oxygens (including phenoxy) is 1. The molecule has 2 aromatic heterocycles. The molecule has 0 saturated carbocycles. The molecule has 0 aliphatic heterocycles. The Balaban J connectivity index is 1.42. The molecule has 0 aliphatic rings. The second kappa shape index (κ2) is 7.18. The fraction of sp³-hybridized carbons (Fsp3) is 0.0833. The monoisotopic (exact) mass is 398 g/mol. The van der Waals surface area contributed by atoms with Crippen molar-refractivity contribution >= 4 is 33.4 Å². The number of nitrogens with zero attached hydrogens (tertiary/aromatic N) is 2. The molecule has 5 aromatic rings. The maximum Gasteiger partial charge on any atom is 0.274 e. The van der Waals surface area contributed by atoms with Gasteiger partial charge in [0.05, 0.1) is 15.6 Å². The fourth-order valence-corrected chi connectivity index (χ4v) is 4.34. The Morgan fingerprint density at radius 3 is 2.59 bits per heavy atom. The molecule has 0 spiro atoms. The summed E-state index contributed by atoms with van der Waals surface area (Å²) >= 11 is 1.41. The third kappa shape index (κ3) is 3.30. The van der Waals surface area contributed by atoms with Gasteiger partial charge >= 0.3 is 0 Å². The number of thiazole rings is 1. The average molecular weight is 398 g/mol. The van der Waals surface area contributed by atoms with Gasteiger partial charge in [-0.05, 0) is 54.0 Å². The Morgan fingerprint density at radius 1 is 1.00 bits per heavy atom. The van der Waals surface area contributed by atoms with Crippen molar-refractivity contribution in [1.82, 2.24) is 9.38 Å². The normalized spacial score (nSPS) is 12.1. The van der Waals surface area contributed by atoms with Gasteiger partial charge in [0.25, 0.3) is 5.56 Å². The molecular weight excluding hydrogens is 380 g/mol. The van der Waals surface area contributed by atoms with Crippen molar-refractivity contribution in [2.24, 2.45) is 0 Å². The van der Waals surface area contributed by atoms with E-state index in [-0.39, 0.29) is 5.56 Å². The van der Waals surface area contributed by atoms with Gasteiger partial charge in [0.1, 0.15) is 12.4 Å². The lowest BCUT2D eigenvalue weighted by Gasteiger charge is -2.08. The highest BCUT2D eigenvalue weighted by Crippen LogP contribution is 2.18. The van der Waals surface area contributed by atoms with Crippen molar-refractivity contribution in [2.45, 2.75) is 13.5 Å². The highest BCUT2D eigenvalue weighted by Gasteiger charge is 2.10. The molecule has 4 nitrogen and oxygen atoms in total. The lowest BCUT2D eigenvalue weighted by molar-refractivity contribution is 0.305. The van der Waals surface area contributed by atoms with Crippen molar-refractivity contribution < 1.29 is 4.74 Å². The van der Waals surface area contributed by atoms with Gasteiger partial charge in [0.2, 0.25) is 0 Å². The molecule has 0 saturated heterocycles. The SMILES string of the molecule is Cc1ccccc1COc1ccc(/C=c2/sc3nc4ccccc4n3c2=O)cc1. The molecule has 2 heterocycles. The minimum Gasteiger partial charge on any atom is -0.489 e. The number of benzene rings is 3. The van der Waals surface area contributed by atoms with Crippen LogP contribution >= 0.6 is 11.3 Å². The van der Waals surface area contributed by atoms with E-state index in [1.807, 2.05) is 66.7 Å². The van der Waals surface area contributed by atoms with Crippen molar-refractivity contribution in [1.29, 1.82) is 0 Å². The molecule has 5 heteroatoms. The maximum atomic E-state index is 12.8. The van der Waals surface area contributed by atoms with Crippen LogP contribution in [0.15, 0.2) is 77.6 Å². The summed E-state index contributed by atoms with van der Waals surface area (Å²) in [6.07, 6.45) is 1.90. The van der Waals surface area contributed by atoms with E-state index in [4.69, 9.17) is 4.74 Å². The van der Waals surface area contributed by atoms with Crippen LogP contribution in [0.1, 0.15) is 16.7 Å². The number of hydrogen-bond donors (Lipinski definition) is 0. The highest BCUT2D eigenvalue weighted by molar-refractivity contribution is 7.15. The predicted molar refractivity (Wildman–Crippen MR) is 118 cm³/mol. The van der Waals surface area contributed by atoms with E-state index in [0.717, 1.165) is 27.3 Å². The van der Waals surface area contributed by atoms with Crippen LogP contribution in [0.3, 0.4) is 0 Å². The van der Waals surface area contributed by atoms with Crippen LogP contribution < -0.4 is 14.8 Å². The van der Waals surface area contributed by atoms with Crippen molar-refractivity contribution in [3.63, 3.8) is 0 Å². The number of aryl methyl sites for hydroxylation is 1. The molecule has 0 aliphatic carbocycles. The van der Waals surface area contributed by atoms with Gasteiger partial charge in [-0.1, -0.05) is 59.9 Å². The molecule has 0 N–H and O–H groups in total. The van der Waals surface area contributed by atoms with Crippen LogP contribution in [-0.2, 0) is 6.61 Å². The molecule has 0 bridgehead atoms. The van der Waals surface area contributed by atoms with Gasteiger partial charge in [-0.15, -0.1) is 0 Å². The number of imidazole rings is 1. The first-order chi connectivity index (χ1) is 14.2. The average Bonchev–Trinajstić information content (AvgIpc) is 3.25. The summed E-state index contributed by atoms with van der Waals surface area (Å²) in [7, 11) is 0. The van der Waals surface area contributed by atoms with Crippen LogP contribution in [0.4, 0.5) is 0 Å².